The minimum absolute atomic E-state index is 0.0731. The molecule has 0 radical (unpaired) electrons. The summed E-state index contributed by atoms with van der Waals surface area (Å²) in [5, 5.41) is 0. The Labute approximate surface area is 124 Å². The minimum Gasteiger partial charge on any atom is -0.462 e. The molecular weight excluding hydrogens is 266 g/mol. The highest BCUT2D eigenvalue weighted by Crippen LogP contribution is 2.14. The fraction of sp³-hybridized carbons (Fsp3) is 0.294. The highest BCUT2D eigenvalue weighted by Gasteiger charge is 2.10. The second kappa shape index (κ2) is 6.39. The van der Waals surface area contributed by atoms with Crippen molar-refractivity contribution in [1.29, 1.82) is 0 Å². The van der Waals surface area contributed by atoms with E-state index in [1.54, 1.807) is 26.0 Å². The maximum Gasteiger partial charge on any atom is 0.338 e. The molecule has 0 N–H and O–H groups in total. The number of rotatable bonds is 5. The molecular formula is C17H19NO3. The fourth-order valence-corrected chi connectivity index (χ4v) is 2.25. The third-order valence-corrected chi connectivity index (χ3v) is 3.44. The van der Waals surface area contributed by atoms with Gasteiger partial charge in [-0.25, -0.2) is 4.79 Å². The molecule has 0 atom stereocenters. The van der Waals surface area contributed by atoms with Crippen molar-refractivity contribution in [1.82, 2.24) is 4.57 Å². The van der Waals surface area contributed by atoms with Crippen LogP contribution in [0.1, 0.15) is 45.8 Å². The highest BCUT2D eigenvalue weighted by molar-refractivity contribution is 5.95. The number of carbonyl (C=O) groups excluding carboxylic acids is 2. The van der Waals surface area contributed by atoms with E-state index in [4.69, 9.17) is 4.74 Å². The number of aromatic nitrogens is 1. The molecule has 1 aromatic heterocycles. The lowest BCUT2D eigenvalue weighted by molar-refractivity contribution is 0.0526. The number of carbonyl (C=O) groups is 2. The van der Waals surface area contributed by atoms with E-state index in [-0.39, 0.29) is 11.8 Å². The van der Waals surface area contributed by atoms with Gasteiger partial charge in [-0.05, 0) is 44.5 Å². The Bertz CT molecular complexity index is 653. The summed E-state index contributed by atoms with van der Waals surface area (Å²) in [7, 11) is 0. The van der Waals surface area contributed by atoms with Gasteiger partial charge in [0.2, 0.25) is 0 Å². The van der Waals surface area contributed by atoms with Crippen LogP contribution in [0.25, 0.3) is 0 Å². The van der Waals surface area contributed by atoms with Gasteiger partial charge in [0.1, 0.15) is 0 Å². The van der Waals surface area contributed by atoms with Gasteiger partial charge in [0.25, 0.3) is 0 Å². The van der Waals surface area contributed by atoms with Crippen LogP contribution in [0.5, 0.6) is 0 Å². The van der Waals surface area contributed by atoms with Crippen molar-refractivity contribution >= 4 is 11.8 Å². The molecule has 0 unspecified atom stereocenters. The molecule has 2 aromatic rings. The van der Waals surface area contributed by atoms with Crippen molar-refractivity contribution < 1.29 is 14.3 Å². The predicted molar refractivity (Wildman–Crippen MR) is 80.7 cm³/mol. The second-order valence-electron chi connectivity index (χ2n) is 4.92. The summed E-state index contributed by atoms with van der Waals surface area (Å²) in [6.07, 6.45) is 1.91. The molecule has 0 amide bonds. The molecule has 0 bridgehead atoms. The van der Waals surface area contributed by atoms with E-state index in [0.29, 0.717) is 18.7 Å². The minimum atomic E-state index is -0.305. The van der Waals surface area contributed by atoms with Crippen molar-refractivity contribution in [2.75, 3.05) is 6.61 Å². The molecule has 1 heterocycles. The van der Waals surface area contributed by atoms with Crippen LogP contribution in [-0.4, -0.2) is 22.9 Å². The Morgan fingerprint density at radius 1 is 1.14 bits per heavy atom. The zero-order chi connectivity index (χ0) is 15.4. The Morgan fingerprint density at radius 2 is 1.81 bits per heavy atom. The van der Waals surface area contributed by atoms with E-state index in [1.165, 1.54) is 0 Å². The molecule has 0 fully saturated rings. The fourth-order valence-electron chi connectivity index (χ4n) is 2.25. The summed E-state index contributed by atoms with van der Waals surface area (Å²) in [6, 6.07) is 9.17. The van der Waals surface area contributed by atoms with Crippen molar-refractivity contribution in [3.8, 4) is 0 Å². The lowest BCUT2D eigenvalue weighted by Crippen LogP contribution is -2.06. The average Bonchev–Trinajstić information content (AvgIpc) is 2.81. The van der Waals surface area contributed by atoms with Crippen LogP contribution >= 0.6 is 0 Å². The maximum atomic E-state index is 11.6. The summed E-state index contributed by atoms with van der Waals surface area (Å²) in [5.74, 6) is -0.232. The topological polar surface area (TPSA) is 48.3 Å². The average molecular weight is 285 g/mol. The zero-order valence-corrected chi connectivity index (χ0v) is 12.6. The summed E-state index contributed by atoms with van der Waals surface area (Å²) in [5.41, 5.74) is 3.32. The molecule has 1 aromatic carbocycles. The first-order valence-electron chi connectivity index (χ1n) is 6.95. The standard InChI is InChI=1S/C17H19NO3/c1-4-21-17(20)15-7-5-14(6-8-15)11-18-10-9-16(12(18)2)13(3)19/h5-10H,4,11H2,1-3H3. The second-order valence-corrected chi connectivity index (χ2v) is 4.92. The molecule has 0 saturated carbocycles. The van der Waals surface area contributed by atoms with E-state index in [0.717, 1.165) is 16.8 Å². The van der Waals surface area contributed by atoms with Crippen LogP contribution in [0.3, 0.4) is 0 Å². The van der Waals surface area contributed by atoms with E-state index >= 15 is 0 Å². The third-order valence-electron chi connectivity index (χ3n) is 3.44. The van der Waals surface area contributed by atoms with Gasteiger partial charge >= 0.3 is 5.97 Å². The van der Waals surface area contributed by atoms with Crippen molar-refractivity contribution in [3.63, 3.8) is 0 Å². The first kappa shape index (κ1) is 15.0. The van der Waals surface area contributed by atoms with Gasteiger partial charge < -0.3 is 9.30 Å². The van der Waals surface area contributed by atoms with Crippen LogP contribution in [0.4, 0.5) is 0 Å². The van der Waals surface area contributed by atoms with Crippen molar-refractivity contribution in [3.05, 3.63) is 58.9 Å². The molecule has 21 heavy (non-hydrogen) atoms. The predicted octanol–water partition coefficient (Wildman–Crippen LogP) is 3.22. The van der Waals surface area contributed by atoms with Gasteiger partial charge in [0.15, 0.2) is 5.78 Å². The van der Waals surface area contributed by atoms with Crippen LogP contribution in [-0.2, 0) is 11.3 Å². The van der Waals surface area contributed by atoms with E-state index < -0.39 is 0 Å². The third kappa shape index (κ3) is 3.40. The largest absolute Gasteiger partial charge is 0.462 e. The van der Waals surface area contributed by atoms with Crippen molar-refractivity contribution in [2.45, 2.75) is 27.3 Å². The molecule has 0 saturated heterocycles. The number of hydrogen-bond acceptors (Lipinski definition) is 3. The number of hydrogen-bond donors (Lipinski definition) is 0. The number of Topliss-reactive ketones (excluding diaryl/α,β-unsaturated/α-hetero) is 1. The van der Waals surface area contributed by atoms with Crippen LogP contribution in [0.15, 0.2) is 36.5 Å². The number of nitrogens with zero attached hydrogens (tertiary/aromatic N) is 1. The SMILES string of the molecule is CCOC(=O)c1ccc(Cn2ccc(C(C)=O)c2C)cc1. The van der Waals surface area contributed by atoms with E-state index in [1.807, 2.05) is 35.9 Å². The molecule has 0 aliphatic rings. The van der Waals surface area contributed by atoms with E-state index in [9.17, 15) is 9.59 Å². The summed E-state index contributed by atoms with van der Waals surface area (Å²) in [4.78, 5) is 23.0. The molecule has 4 nitrogen and oxygen atoms in total. The Balaban J connectivity index is 2.14. The van der Waals surface area contributed by atoms with Gasteiger partial charge in [-0.1, -0.05) is 12.1 Å². The molecule has 4 heteroatoms. The normalized spacial score (nSPS) is 10.4. The first-order valence-corrected chi connectivity index (χ1v) is 6.95. The highest BCUT2D eigenvalue weighted by atomic mass is 16.5. The number of esters is 1. The number of ketones is 1. The van der Waals surface area contributed by atoms with Crippen molar-refractivity contribution in [2.24, 2.45) is 0 Å². The Hall–Kier alpha value is -2.36. The van der Waals surface area contributed by atoms with Crippen LogP contribution in [0, 0.1) is 6.92 Å². The molecule has 0 aliphatic carbocycles. The Morgan fingerprint density at radius 3 is 2.33 bits per heavy atom. The van der Waals surface area contributed by atoms with Crippen LogP contribution in [0.2, 0.25) is 0 Å². The molecule has 0 spiro atoms. The van der Waals surface area contributed by atoms with Crippen LogP contribution < -0.4 is 0 Å². The summed E-state index contributed by atoms with van der Waals surface area (Å²) < 4.78 is 6.98. The number of ether oxygens (including phenoxy) is 1. The van der Waals surface area contributed by atoms with Gasteiger partial charge in [-0.15, -0.1) is 0 Å². The summed E-state index contributed by atoms with van der Waals surface area (Å²) >= 11 is 0. The smallest absolute Gasteiger partial charge is 0.338 e. The van der Waals surface area contributed by atoms with Gasteiger partial charge in [0.05, 0.1) is 12.2 Å². The maximum absolute atomic E-state index is 11.6. The lowest BCUT2D eigenvalue weighted by atomic mass is 10.1. The van der Waals surface area contributed by atoms with Gasteiger partial charge in [-0.3, -0.25) is 4.79 Å². The summed E-state index contributed by atoms with van der Waals surface area (Å²) in [6.45, 7) is 6.33. The van der Waals surface area contributed by atoms with Gasteiger partial charge in [-0.2, -0.15) is 0 Å². The first-order chi connectivity index (χ1) is 10.0. The molecule has 110 valence electrons. The number of benzene rings is 1. The van der Waals surface area contributed by atoms with Gasteiger partial charge in [0, 0.05) is 24.0 Å². The zero-order valence-electron chi connectivity index (χ0n) is 12.6. The lowest BCUT2D eigenvalue weighted by Gasteiger charge is -2.08. The molecule has 2 rings (SSSR count). The van der Waals surface area contributed by atoms with E-state index in [2.05, 4.69) is 0 Å². The monoisotopic (exact) mass is 285 g/mol. The Kier molecular flexibility index (Phi) is 4.58. The molecule has 0 aliphatic heterocycles. The quantitative estimate of drug-likeness (QED) is 0.626.